The molecule has 13 bridgehead atoms. The van der Waals surface area contributed by atoms with Crippen LogP contribution in [0.25, 0.3) is 0 Å². The van der Waals surface area contributed by atoms with E-state index in [1.807, 2.05) is 0 Å². The molecule has 11 aliphatic heterocycles. The van der Waals surface area contributed by atoms with E-state index in [9.17, 15) is 86.5 Å². The number of nitrogens with two attached hydrogens (primary N) is 3. The third-order valence-electron chi connectivity index (χ3n) is 15.4. The van der Waals surface area contributed by atoms with E-state index in [4.69, 9.17) is 45.6 Å². The highest BCUT2D eigenvalue weighted by molar-refractivity contribution is 5.84. The minimum absolute atomic E-state index is 0.0517. The highest BCUT2D eigenvalue weighted by Crippen LogP contribution is 2.63. The van der Waals surface area contributed by atoms with E-state index >= 15 is 0 Å². The second-order valence-corrected chi connectivity index (χ2v) is 18.3. The number of ether oxygens (including phenoxy) is 6. The fraction of sp³-hybridized carbons (Fsp3) is 0.879. The van der Waals surface area contributed by atoms with Crippen molar-refractivity contribution < 1.29 is 115 Å². The van der Waals surface area contributed by atoms with Crippen LogP contribution in [0.2, 0.25) is 0 Å². The molecule has 3 saturated carbocycles. The van der Waals surface area contributed by atoms with E-state index in [2.05, 4.69) is 30.9 Å². The summed E-state index contributed by atoms with van der Waals surface area (Å²) in [6.07, 6.45) is -22.7. The number of aliphatic imine (C=N–C) groups is 3. The lowest BCUT2D eigenvalue weighted by molar-refractivity contribution is -0.709. The van der Waals surface area contributed by atoms with Gasteiger partial charge in [-0.15, -0.1) is 0 Å². The number of nitrogens with zero attached hydrogens (tertiary/aromatic N) is 3. The van der Waals surface area contributed by atoms with Crippen LogP contribution in [-0.4, -0.2) is 247 Å². The third-order valence-corrected chi connectivity index (χ3v) is 15.4. The molecule has 3 aliphatic carbocycles. The Kier molecular flexibility index (Phi) is 9.44. The minimum Gasteiger partial charge on any atom is -0.805 e. The molecular weight excluding hydrogens is 890 g/mol. The van der Waals surface area contributed by atoms with Gasteiger partial charge in [0.1, 0.15) is 113 Å². The summed E-state index contributed by atoms with van der Waals surface area (Å²) < 4.78 is 31.4. The van der Waals surface area contributed by atoms with Crippen LogP contribution in [0.4, 0.5) is 0 Å². The molecule has 8 saturated heterocycles. The Hall–Kier alpha value is -3.56. The minimum atomic E-state index is -2.77. The average molecular weight is 937 g/mol. The molecule has 11 heterocycles. The lowest BCUT2D eigenvalue weighted by atomic mass is 9.55. The second kappa shape index (κ2) is 13.6. The number of carbonyl (C=O) groups excluding carboxylic acids is 1. The molecule has 2 spiro atoms. The van der Waals surface area contributed by atoms with Crippen LogP contribution in [0.5, 0.6) is 0 Å². The first-order valence-corrected chi connectivity index (χ1v) is 20.0. The molecule has 32 nitrogen and oxygen atoms in total. The summed E-state index contributed by atoms with van der Waals surface area (Å²) >= 11 is 0. The number of carboxylic acid groups (broad SMARTS) is 1. The molecule has 0 radical (unpaired) electrons. The highest BCUT2D eigenvalue weighted by atomic mass is 16.9. The first kappa shape index (κ1) is 45.2. The predicted molar refractivity (Wildman–Crippen MR) is 188 cm³/mol. The number of hydrogen-bond donors (Lipinski definition) is 19. The normalized spacial score (nSPS) is 60.6. The molecule has 0 aromatic heterocycles. The summed E-state index contributed by atoms with van der Waals surface area (Å²) in [4.78, 5) is 22.9. The number of aliphatic carboxylic acids is 1. The third kappa shape index (κ3) is 5.04. The van der Waals surface area contributed by atoms with Gasteiger partial charge in [-0.3, -0.25) is 0 Å². The average Bonchev–Trinajstić information content (AvgIpc) is 3.56. The second-order valence-electron chi connectivity index (χ2n) is 18.3. The van der Waals surface area contributed by atoms with Crippen molar-refractivity contribution in [1.29, 1.82) is 0 Å². The molecule has 32 heteroatoms. The van der Waals surface area contributed by atoms with Gasteiger partial charge >= 0.3 is 0 Å². The van der Waals surface area contributed by atoms with Crippen LogP contribution in [0.1, 0.15) is 0 Å². The van der Waals surface area contributed by atoms with Crippen LogP contribution in [0.15, 0.2) is 15.0 Å². The number of guanidine groups is 3. The molecule has 22 N–H and O–H groups in total. The number of hydrogen-bond acceptors (Lipinski definition) is 32. The van der Waals surface area contributed by atoms with Crippen LogP contribution < -0.4 is 48.5 Å². The van der Waals surface area contributed by atoms with Crippen molar-refractivity contribution in [2.75, 3.05) is 19.8 Å². The van der Waals surface area contributed by atoms with Gasteiger partial charge in [-0.05, 0) is 0 Å². The smallest absolute Gasteiger partial charge is 0.191 e. The molecule has 14 rings (SSSR count). The molecule has 14 aliphatic rings. The number of aliphatic hydroxyl groups is 13. The summed E-state index contributed by atoms with van der Waals surface area (Å²) in [6, 6.07) is 0. The van der Waals surface area contributed by atoms with Crippen LogP contribution in [0, 0.1) is 17.8 Å². The Labute approximate surface area is 361 Å². The Morgan fingerprint density at radius 3 is 1.60 bits per heavy atom. The first-order chi connectivity index (χ1) is 30.3. The number of nitrogens with one attached hydrogen (secondary N) is 3. The van der Waals surface area contributed by atoms with Crippen LogP contribution in [-0.2, 0) is 33.2 Å². The summed E-state index contributed by atoms with van der Waals surface area (Å²) in [6.45, 7) is -2.68. The molecule has 0 amide bonds. The molecule has 364 valence electrons. The fourth-order valence-corrected chi connectivity index (χ4v) is 12.5. The van der Waals surface area contributed by atoms with Crippen molar-refractivity contribution in [3.63, 3.8) is 0 Å². The van der Waals surface area contributed by atoms with Gasteiger partial charge in [0.15, 0.2) is 36.6 Å². The zero-order chi connectivity index (χ0) is 47.3. The molecule has 65 heavy (non-hydrogen) atoms. The number of carboxylic acids is 1. The molecule has 0 aromatic carbocycles. The molecule has 26 atom stereocenters. The maximum absolute atomic E-state index is 12.8. The van der Waals surface area contributed by atoms with Gasteiger partial charge in [-0.25, -0.2) is 15.0 Å². The summed E-state index contributed by atoms with van der Waals surface area (Å²) in [7, 11) is 0. The van der Waals surface area contributed by atoms with Gasteiger partial charge in [-0.1, -0.05) is 0 Å². The number of carbonyl (C=O) groups is 1. The van der Waals surface area contributed by atoms with Gasteiger partial charge in [0, 0.05) is 0 Å². The lowest BCUT2D eigenvalue weighted by Gasteiger charge is -2.75. The van der Waals surface area contributed by atoms with Crippen LogP contribution in [0.3, 0.4) is 0 Å². The van der Waals surface area contributed by atoms with Gasteiger partial charge in [0.05, 0.1) is 49.6 Å². The zero-order valence-electron chi connectivity index (χ0n) is 33.0. The van der Waals surface area contributed by atoms with E-state index in [0.717, 1.165) is 0 Å². The van der Waals surface area contributed by atoms with Crippen molar-refractivity contribution in [2.45, 2.75) is 137 Å². The quantitative estimate of drug-likeness (QED) is 0.124. The van der Waals surface area contributed by atoms with E-state index in [0.29, 0.717) is 0 Å². The van der Waals surface area contributed by atoms with E-state index in [1.54, 1.807) is 0 Å². The van der Waals surface area contributed by atoms with Crippen molar-refractivity contribution in [3.8, 4) is 0 Å². The molecule has 20 unspecified atom stereocenters. The Balaban J connectivity index is 0.000000115. The maximum atomic E-state index is 12.8. The molecule has 11 fully saturated rings. The van der Waals surface area contributed by atoms with Crippen molar-refractivity contribution in [3.05, 3.63) is 0 Å². The molecule has 0 aromatic rings. The topological polar surface area (TPSA) is 556 Å². The summed E-state index contributed by atoms with van der Waals surface area (Å²) in [5, 5.41) is 177. The first-order valence-electron chi connectivity index (χ1n) is 20.0. The Morgan fingerprint density at radius 1 is 0.569 bits per heavy atom. The summed E-state index contributed by atoms with van der Waals surface area (Å²) in [5.74, 6) is -10.5. The predicted octanol–water partition coefficient (Wildman–Crippen LogP) is -17.7. The number of rotatable bonds is 4. The van der Waals surface area contributed by atoms with Crippen LogP contribution >= 0.6 is 0 Å². The lowest BCUT2D eigenvalue weighted by Crippen LogP contribution is -2.97. The van der Waals surface area contributed by atoms with Gasteiger partial charge in [0.25, 0.3) is 0 Å². The van der Waals surface area contributed by atoms with Gasteiger partial charge in [0.2, 0.25) is 0 Å². The van der Waals surface area contributed by atoms with E-state index < -0.39 is 181 Å². The maximum Gasteiger partial charge on any atom is 0.191 e. The van der Waals surface area contributed by atoms with Gasteiger partial charge in [-0.2, -0.15) is 0 Å². The number of aliphatic hydroxyl groups excluding tert-OH is 10. The zero-order valence-corrected chi connectivity index (χ0v) is 33.0. The Bertz CT molecular complexity index is 2140. The summed E-state index contributed by atoms with van der Waals surface area (Å²) in [5.41, 5.74) is 5.30. The molecular formula is C33H46N9O23-3. The van der Waals surface area contributed by atoms with E-state index in [1.165, 1.54) is 0 Å². The largest absolute Gasteiger partial charge is 0.805 e. The van der Waals surface area contributed by atoms with Crippen molar-refractivity contribution in [1.82, 2.24) is 16.0 Å². The Morgan fingerprint density at radius 2 is 1.03 bits per heavy atom. The fourth-order valence-electron chi connectivity index (χ4n) is 12.5. The van der Waals surface area contributed by atoms with Crippen molar-refractivity contribution >= 4 is 23.8 Å². The SMILES string of the molecule is NC1=NC(O)C2C3OC4([O-])OC([C@@H](O)C2(N1)[C@@H]4O)C3(O)CO.NC1=NC2O[C@@H]3C4([O-])OC5C2C3(N1)[C@H](O)C(O4)C5(O)CO.NC1=NC2O[C@H](C(=O)[O-])C3(N1)C2C(O)C(O)(CO)C(O)[C@H]3O. The van der Waals surface area contributed by atoms with Crippen molar-refractivity contribution in [2.24, 2.45) is 49.9 Å². The standard InChI is InChI=1S/C11H16N3O8.C11H17N3O8.C11H14N3O7/c12-8-13-6(17)2-4-9(19,1-15)5-3(16)10(2,14-8)7(18)11(20,21-4)22-5;12-9-13-7-2-3(16)10(21,1-15)4(17)5(18)11(2,14-9)6(22-7)8(19)20;12-8-13-6-2-4-9(17,1-15)5-3(16)10(2,14-8)7(19-6)11(18,20-4)21-5/h2-7,15-19H,1H2,(H3,12,13,14);2-7,15-18,21H,1H2,(H,19,20)(H3,12,13,14);2-7,15-17H,1H2,(H3,12,13,14)/q-1;;-1/p-1/t2?,3-,4?,5?,6?,7+,9?,10?,11?;2?,3?,4?,5-,6-,7?,10?,11?;2?,3-,4?,5?,6?,7+,9?,10?,11?/m111/s1. The highest BCUT2D eigenvalue weighted by Gasteiger charge is 2.85. The van der Waals surface area contributed by atoms with Gasteiger partial charge < -0.3 is 148 Å². The monoisotopic (exact) mass is 936 g/mol. The van der Waals surface area contributed by atoms with E-state index in [-0.39, 0.29) is 17.9 Å².